The zero-order valence-corrected chi connectivity index (χ0v) is 18.9. The second-order valence-electron chi connectivity index (χ2n) is 7.63. The number of hydrogen-bond donors (Lipinski definition) is 0. The van der Waals surface area contributed by atoms with Crippen molar-refractivity contribution in [2.75, 3.05) is 16.6 Å². The standard InChI is InChI=1S/C25H21BrN2O4/c1-2-31-20-14-7-6-13-19(20)27-24(29)21-22(16-9-8-10-17(26)15-16)28(32-23(21)25(27)30)18-11-4-3-5-12-18/h3-15,21-23H,2H2,1H3/t21-,22-,23-/m0/s1. The molecule has 2 saturated heterocycles. The average molecular weight is 493 g/mol. The molecule has 0 bridgehead atoms. The highest BCUT2D eigenvalue weighted by Gasteiger charge is 2.60. The largest absolute Gasteiger partial charge is 0.492 e. The van der Waals surface area contributed by atoms with Crippen molar-refractivity contribution in [3.8, 4) is 5.75 Å². The normalized spacial score (nSPS) is 22.4. The van der Waals surface area contributed by atoms with Crippen LogP contribution in [0.25, 0.3) is 0 Å². The minimum atomic E-state index is -0.915. The van der Waals surface area contributed by atoms with Gasteiger partial charge in [-0.25, -0.2) is 9.96 Å². The van der Waals surface area contributed by atoms with Gasteiger partial charge >= 0.3 is 0 Å². The summed E-state index contributed by atoms with van der Waals surface area (Å²) >= 11 is 3.52. The monoisotopic (exact) mass is 492 g/mol. The van der Waals surface area contributed by atoms with Crippen LogP contribution in [0.15, 0.2) is 83.3 Å². The van der Waals surface area contributed by atoms with E-state index in [2.05, 4.69) is 15.9 Å². The van der Waals surface area contributed by atoms with E-state index in [4.69, 9.17) is 9.57 Å². The molecule has 3 aromatic rings. The van der Waals surface area contributed by atoms with Crippen LogP contribution in [0.5, 0.6) is 5.75 Å². The van der Waals surface area contributed by atoms with Crippen LogP contribution in [0.1, 0.15) is 18.5 Å². The number of nitrogens with zero attached hydrogens (tertiary/aromatic N) is 2. The van der Waals surface area contributed by atoms with E-state index < -0.39 is 18.1 Å². The molecule has 0 aliphatic carbocycles. The number of carbonyl (C=O) groups excluding carboxylic acids is 2. The van der Waals surface area contributed by atoms with E-state index in [1.807, 2.05) is 67.6 Å². The van der Waals surface area contributed by atoms with Crippen molar-refractivity contribution in [1.29, 1.82) is 0 Å². The first-order valence-electron chi connectivity index (χ1n) is 10.5. The second kappa shape index (κ2) is 8.41. The summed E-state index contributed by atoms with van der Waals surface area (Å²) < 4.78 is 6.57. The van der Waals surface area contributed by atoms with E-state index in [0.717, 1.165) is 15.7 Å². The maximum absolute atomic E-state index is 13.7. The molecule has 162 valence electrons. The summed E-state index contributed by atoms with van der Waals surface area (Å²) in [6.45, 7) is 2.29. The van der Waals surface area contributed by atoms with E-state index in [-0.39, 0.29) is 11.8 Å². The number of carbonyl (C=O) groups is 2. The van der Waals surface area contributed by atoms with Crippen molar-refractivity contribution in [2.45, 2.75) is 19.1 Å². The average Bonchev–Trinajstić information content (AvgIpc) is 3.31. The third-order valence-corrected chi connectivity index (χ3v) is 6.22. The molecule has 0 radical (unpaired) electrons. The fourth-order valence-electron chi connectivity index (χ4n) is 4.40. The third-order valence-electron chi connectivity index (χ3n) is 5.72. The number of hydrogen-bond acceptors (Lipinski definition) is 5. The van der Waals surface area contributed by atoms with Gasteiger partial charge in [-0.05, 0) is 48.9 Å². The first-order chi connectivity index (χ1) is 15.6. The molecule has 2 aliphatic heterocycles. The Morgan fingerprint density at radius 2 is 1.69 bits per heavy atom. The Labute approximate surface area is 194 Å². The minimum absolute atomic E-state index is 0.296. The van der Waals surface area contributed by atoms with Gasteiger partial charge in [-0.1, -0.05) is 58.4 Å². The van der Waals surface area contributed by atoms with Gasteiger partial charge in [0.25, 0.3) is 5.91 Å². The molecule has 0 spiro atoms. The van der Waals surface area contributed by atoms with Crippen molar-refractivity contribution >= 4 is 39.1 Å². The Morgan fingerprint density at radius 1 is 0.938 bits per heavy atom. The molecule has 2 fully saturated rings. The predicted molar refractivity (Wildman–Crippen MR) is 124 cm³/mol. The summed E-state index contributed by atoms with van der Waals surface area (Å²) in [5.41, 5.74) is 2.12. The van der Waals surface area contributed by atoms with Gasteiger partial charge in [0.15, 0.2) is 6.10 Å². The SMILES string of the molecule is CCOc1ccccc1N1C(=O)[C@@H]2[C@H](ON(c3ccccc3)[C@H]2c2cccc(Br)c2)C1=O. The van der Waals surface area contributed by atoms with Gasteiger partial charge in [-0.2, -0.15) is 0 Å². The van der Waals surface area contributed by atoms with E-state index in [1.165, 1.54) is 4.90 Å². The van der Waals surface area contributed by atoms with E-state index in [9.17, 15) is 9.59 Å². The van der Waals surface area contributed by atoms with Crippen molar-refractivity contribution < 1.29 is 19.2 Å². The minimum Gasteiger partial charge on any atom is -0.492 e. The zero-order valence-electron chi connectivity index (χ0n) is 17.4. The van der Waals surface area contributed by atoms with Crippen LogP contribution in [0.3, 0.4) is 0 Å². The quantitative estimate of drug-likeness (QED) is 0.474. The molecule has 0 N–H and O–H groups in total. The first-order valence-corrected chi connectivity index (χ1v) is 11.3. The molecule has 0 saturated carbocycles. The number of benzene rings is 3. The molecular formula is C25H21BrN2O4. The smallest absolute Gasteiger partial charge is 0.266 e. The maximum atomic E-state index is 13.7. The van der Waals surface area contributed by atoms with E-state index in [1.54, 1.807) is 23.3 Å². The van der Waals surface area contributed by atoms with E-state index >= 15 is 0 Å². The van der Waals surface area contributed by atoms with Gasteiger partial charge in [0.1, 0.15) is 11.7 Å². The Balaban J connectivity index is 1.59. The van der Waals surface area contributed by atoms with Crippen molar-refractivity contribution in [2.24, 2.45) is 5.92 Å². The zero-order chi connectivity index (χ0) is 22.2. The fraction of sp³-hybridized carbons (Fsp3) is 0.200. The van der Waals surface area contributed by atoms with Crippen molar-refractivity contribution in [3.63, 3.8) is 0 Å². The summed E-state index contributed by atoms with van der Waals surface area (Å²) in [6.07, 6.45) is -0.915. The summed E-state index contributed by atoms with van der Waals surface area (Å²) in [7, 11) is 0. The number of ether oxygens (including phenoxy) is 1. The molecule has 3 aromatic carbocycles. The Bertz CT molecular complexity index is 1170. The van der Waals surface area contributed by atoms with Crippen LogP contribution in [0, 0.1) is 5.92 Å². The first kappa shape index (κ1) is 20.7. The van der Waals surface area contributed by atoms with Crippen LogP contribution in [-0.2, 0) is 14.4 Å². The number of anilines is 2. The van der Waals surface area contributed by atoms with Gasteiger partial charge in [-0.3, -0.25) is 14.4 Å². The molecule has 2 amide bonds. The Hall–Kier alpha value is -3.16. The number of rotatable bonds is 5. The molecule has 32 heavy (non-hydrogen) atoms. The highest BCUT2D eigenvalue weighted by atomic mass is 79.9. The summed E-state index contributed by atoms with van der Waals surface area (Å²) in [5, 5.41) is 1.69. The molecule has 2 heterocycles. The van der Waals surface area contributed by atoms with Crippen LogP contribution in [0.4, 0.5) is 11.4 Å². The molecule has 7 heteroatoms. The molecule has 5 rings (SSSR count). The van der Waals surface area contributed by atoms with Crippen LogP contribution in [0.2, 0.25) is 0 Å². The highest BCUT2D eigenvalue weighted by Crippen LogP contribution is 2.48. The molecular weight excluding hydrogens is 472 g/mol. The van der Waals surface area contributed by atoms with Crippen molar-refractivity contribution in [1.82, 2.24) is 0 Å². The summed E-state index contributed by atoms with van der Waals surface area (Å²) in [6, 6.07) is 23.9. The molecule has 2 aliphatic rings. The third kappa shape index (κ3) is 3.38. The molecule has 0 unspecified atom stereocenters. The molecule has 0 aromatic heterocycles. The Morgan fingerprint density at radius 3 is 2.44 bits per heavy atom. The number of halogens is 1. The van der Waals surface area contributed by atoms with Crippen LogP contribution < -0.4 is 14.7 Å². The lowest BCUT2D eigenvalue weighted by Crippen LogP contribution is -2.37. The fourth-order valence-corrected chi connectivity index (χ4v) is 4.82. The number of hydroxylamine groups is 1. The lowest BCUT2D eigenvalue weighted by atomic mass is 9.90. The topological polar surface area (TPSA) is 59.1 Å². The predicted octanol–water partition coefficient (Wildman–Crippen LogP) is 4.90. The highest BCUT2D eigenvalue weighted by molar-refractivity contribution is 9.10. The molecule has 3 atom stereocenters. The van der Waals surface area contributed by atoms with Gasteiger partial charge in [-0.15, -0.1) is 0 Å². The lowest BCUT2D eigenvalue weighted by Gasteiger charge is -2.29. The Kier molecular flexibility index (Phi) is 5.45. The van der Waals surface area contributed by atoms with Crippen molar-refractivity contribution in [3.05, 3.63) is 88.9 Å². The van der Waals surface area contributed by atoms with Crippen LogP contribution in [-0.4, -0.2) is 24.5 Å². The van der Waals surface area contributed by atoms with Gasteiger partial charge in [0.2, 0.25) is 5.91 Å². The number of fused-ring (bicyclic) bond motifs is 1. The van der Waals surface area contributed by atoms with E-state index in [0.29, 0.717) is 18.0 Å². The molecule has 6 nitrogen and oxygen atoms in total. The number of amides is 2. The van der Waals surface area contributed by atoms with Crippen LogP contribution >= 0.6 is 15.9 Å². The van der Waals surface area contributed by atoms with Gasteiger partial charge in [0.05, 0.1) is 24.0 Å². The maximum Gasteiger partial charge on any atom is 0.266 e. The number of para-hydroxylation sites is 3. The lowest BCUT2D eigenvalue weighted by molar-refractivity contribution is -0.126. The second-order valence-corrected chi connectivity index (χ2v) is 8.54. The number of imide groups is 1. The van der Waals surface area contributed by atoms with Gasteiger partial charge < -0.3 is 4.74 Å². The van der Waals surface area contributed by atoms with Gasteiger partial charge in [0, 0.05) is 4.47 Å². The summed E-state index contributed by atoms with van der Waals surface area (Å²) in [4.78, 5) is 34.6. The summed E-state index contributed by atoms with van der Waals surface area (Å²) in [5.74, 6) is -0.872.